The Morgan fingerprint density at radius 3 is 2.35 bits per heavy atom. The van der Waals surface area contributed by atoms with Crippen LogP contribution >= 0.6 is 0 Å². The summed E-state index contributed by atoms with van der Waals surface area (Å²) in [4.78, 5) is 12.2. The molecule has 3 aliphatic heterocycles. The highest BCUT2D eigenvalue weighted by molar-refractivity contribution is 5.96. The van der Waals surface area contributed by atoms with Gasteiger partial charge in [-0.15, -0.1) is 0 Å². The third-order valence-electron chi connectivity index (χ3n) is 4.73. The fourth-order valence-electron chi connectivity index (χ4n) is 3.40. The number of esters is 1. The first-order valence-electron chi connectivity index (χ1n) is 8.43. The van der Waals surface area contributed by atoms with Crippen molar-refractivity contribution in [1.29, 1.82) is 0 Å². The lowest BCUT2D eigenvalue weighted by atomic mass is 9.92. The summed E-state index contributed by atoms with van der Waals surface area (Å²) < 4.78 is 26.8. The number of benzene rings is 2. The Morgan fingerprint density at radius 1 is 0.846 bits per heavy atom. The van der Waals surface area contributed by atoms with Crippen molar-refractivity contribution in [2.75, 3.05) is 20.2 Å². The van der Waals surface area contributed by atoms with Crippen LogP contribution in [0.25, 0.3) is 6.08 Å². The first-order valence-corrected chi connectivity index (χ1v) is 8.43. The normalized spacial score (nSPS) is 21.3. The minimum absolute atomic E-state index is 0.00621. The number of hydrogen-bond donors (Lipinski definition) is 0. The Labute approximate surface area is 149 Å². The van der Waals surface area contributed by atoms with Gasteiger partial charge < -0.3 is 23.7 Å². The summed E-state index contributed by atoms with van der Waals surface area (Å²) in [7, 11) is 0. The second kappa shape index (κ2) is 5.98. The summed E-state index contributed by atoms with van der Waals surface area (Å²) in [6, 6.07) is 11.5. The molecule has 0 aromatic heterocycles. The summed E-state index contributed by atoms with van der Waals surface area (Å²) >= 11 is 0. The minimum Gasteiger partial charge on any atom is -0.462 e. The topological polar surface area (TPSA) is 63.2 Å². The van der Waals surface area contributed by atoms with Crippen molar-refractivity contribution in [3.05, 3.63) is 53.1 Å². The first kappa shape index (κ1) is 15.1. The predicted molar refractivity (Wildman–Crippen MR) is 91.3 cm³/mol. The van der Waals surface area contributed by atoms with Crippen molar-refractivity contribution in [2.24, 2.45) is 5.92 Å². The highest BCUT2D eigenvalue weighted by atomic mass is 16.7. The van der Waals surface area contributed by atoms with Gasteiger partial charge in [0, 0.05) is 11.5 Å². The van der Waals surface area contributed by atoms with E-state index in [2.05, 4.69) is 0 Å². The Kier molecular flexibility index (Phi) is 3.48. The molecule has 1 saturated heterocycles. The van der Waals surface area contributed by atoms with Crippen LogP contribution < -0.4 is 18.9 Å². The molecule has 5 rings (SSSR count). The molecule has 0 bridgehead atoms. The third-order valence-corrected chi connectivity index (χ3v) is 4.73. The average molecular weight is 352 g/mol. The molecule has 2 aromatic carbocycles. The van der Waals surface area contributed by atoms with Crippen molar-refractivity contribution < 1.29 is 28.5 Å². The molecular formula is C20H16O6. The fourth-order valence-corrected chi connectivity index (χ4v) is 3.40. The van der Waals surface area contributed by atoms with Gasteiger partial charge in [-0.05, 0) is 47.9 Å². The molecule has 6 nitrogen and oxygen atoms in total. The van der Waals surface area contributed by atoms with Crippen LogP contribution in [0.2, 0.25) is 0 Å². The number of hydrogen-bond acceptors (Lipinski definition) is 6. The third kappa shape index (κ3) is 2.63. The second-order valence-electron chi connectivity index (χ2n) is 6.40. The predicted octanol–water partition coefficient (Wildman–Crippen LogP) is 2.94. The van der Waals surface area contributed by atoms with E-state index < -0.39 is 0 Å². The monoisotopic (exact) mass is 352 g/mol. The largest absolute Gasteiger partial charge is 0.462 e. The summed E-state index contributed by atoms with van der Waals surface area (Å²) in [5, 5.41) is 0. The Morgan fingerprint density at radius 2 is 1.54 bits per heavy atom. The summed E-state index contributed by atoms with van der Waals surface area (Å²) in [5.74, 6) is 2.63. The number of carbonyl (C=O) groups is 1. The summed E-state index contributed by atoms with van der Waals surface area (Å²) in [5.41, 5.74) is 2.63. The molecule has 26 heavy (non-hydrogen) atoms. The zero-order chi connectivity index (χ0) is 17.5. The van der Waals surface area contributed by atoms with Gasteiger partial charge in [-0.1, -0.05) is 12.1 Å². The fraction of sp³-hybridized carbons (Fsp3) is 0.250. The van der Waals surface area contributed by atoms with E-state index in [1.807, 2.05) is 42.5 Å². The van der Waals surface area contributed by atoms with E-state index >= 15 is 0 Å². The van der Waals surface area contributed by atoms with Crippen LogP contribution in [0.15, 0.2) is 42.0 Å². The number of rotatable bonds is 3. The van der Waals surface area contributed by atoms with Crippen LogP contribution in [0.4, 0.5) is 0 Å². The van der Waals surface area contributed by atoms with E-state index in [4.69, 9.17) is 23.7 Å². The van der Waals surface area contributed by atoms with E-state index in [-0.39, 0.29) is 25.5 Å². The molecule has 3 heterocycles. The van der Waals surface area contributed by atoms with Crippen molar-refractivity contribution in [1.82, 2.24) is 0 Å². The van der Waals surface area contributed by atoms with Gasteiger partial charge in [0.2, 0.25) is 13.6 Å². The second-order valence-corrected chi connectivity index (χ2v) is 6.40. The molecule has 1 atom stereocenters. The lowest BCUT2D eigenvalue weighted by molar-refractivity contribution is -0.135. The Bertz CT molecular complexity index is 917. The van der Waals surface area contributed by atoms with E-state index in [1.165, 1.54) is 0 Å². The average Bonchev–Trinajstić information content (AvgIpc) is 3.37. The molecule has 0 saturated carbocycles. The van der Waals surface area contributed by atoms with Gasteiger partial charge in [0.15, 0.2) is 23.0 Å². The van der Waals surface area contributed by atoms with Crippen molar-refractivity contribution >= 4 is 12.0 Å². The zero-order valence-corrected chi connectivity index (χ0v) is 13.9. The Balaban J connectivity index is 1.41. The van der Waals surface area contributed by atoms with Crippen LogP contribution in [-0.2, 0) is 16.0 Å². The van der Waals surface area contributed by atoms with Crippen LogP contribution in [0, 0.1) is 5.92 Å². The maximum atomic E-state index is 12.2. The van der Waals surface area contributed by atoms with Crippen LogP contribution in [0.1, 0.15) is 11.1 Å². The van der Waals surface area contributed by atoms with Gasteiger partial charge >= 0.3 is 5.97 Å². The Hall–Kier alpha value is -3.15. The highest BCUT2D eigenvalue weighted by Gasteiger charge is 2.31. The molecule has 0 unspecified atom stereocenters. The van der Waals surface area contributed by atoms with Crippen molar-refractivity contribution in [3.63, 3.8) is 0 Å². The first-order chi connectivity index (χ1) is 12.8. The van der Waals surface area contributed by atoms with Crippen LogP contribution in [0.3, 0.4) is 0 Å². The number of cyclic esters (lactones) is 1. The molecule has 3 aliphatic rings. The molecule has 1 fully saturated rings. The van der Waals surface area contributed by atoms with Gasteiger partial charge in [-0.2, -0.15) is 0 Å². The van der Waals surface area contributed by atoms with Crippen LogP contribution in [-0.4, -0.2) is 26.2 Å². The highest BCUT2D eigenvalue weighted by Crippen LogP contribution is 2.36. The molecule has 0 spiro atoms. The van der Waals surface area contributed by atoms with Gasteiger partial charge in [0.25, 0.3) is 0 Å². The van der Waals surface area contributed by atoms with Crippen molar-refractivity contribution in [3.8, 4) is 23.0 Å². The SMILES string of the molecule is O=C1OC[C@H](Cc2ccc3c(c2)OCO3)C1=Cc1ccc2c(c1)OCO2. The molecule has 0 N–H and O–H groups in total. The molecule has 0 aliphatic carbocycles. The standard InChI is InChI=1S/C20H16O6/c21-20-15(6-13-2-4-17-19(8-13)26-11-24-17)14(9-22-20)5-12-1-3-16-18(7-12)25-10-23-16/h1-4,6-8,14H,5,9-11H2/t14-/m0/s1. The van der Waals surface area contributed by atoms with E-state index in [0.717, 1.165) is 28.4 Å². The maximum absolute atomic E-state index is 12.2. The smallest absolute Gasteiger partial charge is 0.334 e. The van der Waals surface area contributed by atoms with E-state index in [1.54, 1.807) is 0 Å². The van der Waals surface area contributed by atoms with Gasteiger partial charge in [0.05, 0.1) is 6.61 Å². The molecule has 6 heteroatoms. The van der Waals surface area contributed by atoms with Crippen molar-refractivity contribution in [2.45, 2.75) is 6.42 Å². The molecular weight excluding hydrogens is 336 g/mol. The van der Waals surface area contributed by atoms with Gasteiger partial charge in [-0.25, -0.2) is 4.79 Å². The lowest BCUT2D eigenvalue weighted by Gasteiger charge is -2.09. The number of ether oxygens (including phenoxy) is 5. The maximum Gasteiger partial charge on any atom is 0.334 e. The number of fused-ring (bicyclic) bond motifs is 2. The van der Waals surface area contributed by atoms with Gasteiger partial charge in [-0.3, -0.25) is 0 Å². The zero-order valence-electron chi connectivity index (χ0n) is 13.9. The molecule has 0 amide bonds. The summed E-state index contributed by atoms with van der Waals surface area (Å²) in [6.45, 7) is 0.854. The van der Waals surface area contributed by atoms with E-state index in [9.17, 15) is 4.79 Å². The van der Waals surface area contributed by atoms with Crippen LogP contribution in [0.5, 0.6) is 23.0 Å². The quantitative estimate of drug-likeness (QED) is 0.625. The minimum atomic E-state index is -0.270. The lowest BCUT2D eigenvalue weighted by Crippen LogP contribution is -2.07. The number of carbonyl (C=O) groups excluding carboxylic acids is 1. The summed E-state index contributed by atoms with van der Waals surface area (Å²) in [6.07, 6.45) is 2.56. The molecule has 132 valence electrons. The van der Waals surface area contributed by atoms with E-state index in [0.29, 0.717) is 24.4 Å². The molecule has 0 radical (unpaired) electrons. The molecule has 2 aromatic rings. The van der Waals surface area contributed by atoms with Gasteiger partial charge in [0.1, 0.15) is 0 Å².